The summed E-state index contributed by atoms with van der Waals surface area (Å²) in [5, 5.41) is 0. The van der Waals surface area contributed by atoms with E-state index in [0.29, 0.717) is 0 Å². The molecule has 0 atom stereocenters. The van der Waals surface area contributed by atoms with Crippen LogP contribution >= 0.6 is 0 Å². The topological polar surface area (TPSA) is 0 Å². The second kappa shape index (κ2) is 4.47. The number of hydrogen-bond acceptors (Lipinski definition) is 0. The highest BCUT2D eigenvalue weighted by Gasteiger charge is 2.27. The van der Waals surface area contributed by atoms with E-state index in [1.807, 2.05) is 0 Å². The highest BCUT2D eigenvalue weighted by Crippen LogP contribution is 2.43. The van der Waals surface area contributed by atoms with Crippen molar-refractivity contribution in [3.63, 3.8) is 0 Å². The van der Waals surface area contributed by atoms with Crippen molar-refractivity contribution in [1.82, 2.24) is 0 Å². The Bertz CT molecular complexity index is 691. The van der Waals surface area contributed by atoms with Gasteiger partial charge in [-0.25, -0.2) is 0 Å². The molecule has 0 fully saturated rings. The molecule has 109 valence electrons. The smallest absolute Gasteiger partial charge is 0.000707 e. The molecular formula is C21H25. The summed E-state index contributed by atoms with van der Waals surface area (Å²) in [6.45, 7) is 13.7. The molecule has 21 heavy (non-hydrogen) atoms. The normalized spacial score (nSPS) is 14.0. The van der Waals surface area contributed by atoms with Crippen molar-refractivity contribution in [2.24, 2.45) is 0 Å². The van der Waals surface area contributed by atoms with Crippen LogP contribution < -0.4 is 0 Å². The Kier molecular flexibility index (Phi) is 3.06. The molecule has 0 saturated heterocycles. The first-order chi connectivity index (χ1) is 9.68. The van der Waals surface area contributed by atoms with Gasteiger partial charge in [0.1, 0.15) is 0 Å². The average Bonchev–Trinajstić information content (AvgIpc) is 2.73. The molecule has 0 spiro atoms. The predicted octanol–water partition coefficient (Wildman–Crippen LogP) is 5.65. The van der Waals surface area contributed by atoms with Crippen LogP contribution in [0.3, 0.4) is 0 Å². The minimum Gasteiger partial charge on any atom is -0.0579 e. The minimum absolute atomic E-state index is 0.170. The molecule has 0 unspecified atom stereocenters. The van der Waals surface area contributed by atoms with Crippen molar-refractivity contribution in [3.8, 4) is 11.1 Å². The van der Waals surface area contributed by atoms with Gasteiger partial charge in [0.25, 0.3) is 0 Å². The second-order valence-electron chi connectivity index (χ2n) is 8.29. The van der Waals surface area contributed by atoms with Crippen LogP contribution in [0.15, 0.2) is 30.3 Å². The molecule has 3 rings (SSSR count). The summed E-state index contributed by atoms with van der Waals surface area (Å²) in [5.74, 6) is 0. The predicted molar refractivity (Wildman–Crippen MR) is 90.9 cm³/mol. The van der Waals surface area contributed by atoms with Crippen LogP contribution in [0.25, 0.3) is 11.1 Å². The highest BCUT2D eigenvalue weighted by molar-refractivity contribution is 5.80. The zero-order valence-corrected chi connectivity index (χ0v) is 14.1. The fourth-order valence-corrected chi connectivity index (χ4v) is 3.26. The lowest BCUT2D eigenvalue weighted by Gasteiger charge is -2.23. The van der Waals surface area contributed by atoms with Crippen molar-refractivity contribution in [2.75, 3.05) is 0 Å². The van der Waals surface area contributed by atoms with Gasteiger partial charge in [-0.3, -0.25) is 0 Å². The van der Waals surface area contributed by atoms with Gasteiger partial charge in [-0.15, -0.1) is 0 Å². The SMILES string of the molecule is CC(C)(C)c1ccc2c(c1)Cc1[c]ccc(C(C)(C)C)c1-2. The molecule has 0 aromatic heterocycles. The van der Waals surface area contributed by atoms with Gasteiger partial charge in [0.15, 0.2) is 0 Å². The third kappa shape index (κ3) is 2.41. The van der Waals surface area contributed by atoms with Crippen molar-refractivity contribution in [1.29, 1.82) is 0 Å². The Morgan fingerprint density at radius 2 is 1.62 bits per heavy atom. The number of benzene rings is 2. The summed E-state index contributed by atoms with van der Waals surface area (Å²) in [7, 11) is 0. The summed E-state index contributed by atoms with van der Waals surface area (Å²) in [6, 6.07) is 14.8. The van der Waals surface area contributed by atoms with Gasteiger partial charge in [0.2, 0.25) is 0 Å². The average molecular weight is 277 g/mol. The van der Waals surface area contributed by atoms with Gasteiger partial charge in [0, 0.05) is 0 Å². The van der Waals surface area contributed by atoms with Crippen LogP contribution in [0, 0.1) is 6.07 Å². The van der Waals surface area contributed by atoms with Crippen LogP contribution in [0.4, 0.5) is 0 Å². The van der Waals surface area contributed by atoms with Crippen LogP contribution in [-0.2, 0) is 17.3 Å². The summed E-state index contributed by atoms with van der Waals surface area (Å²) in [6.07, 6.45) is 1.03. The first kappa shape index (κ1) is 14.4. The third-order valence-corrected chi connectivity index (χ3v) is 4.49. The highest BCUT2D eigenvalue weighted by atomic mass is 14.3. The molecule has 0 heteroatoms. The summed E-state index contributed by atoms with van der Waals surface area (Å²) >= 11 is 0. The van der Waals surface area contributed by atoms with Gasteiger partial charge < -0.3 is 0 Å². The fourth-order valence-electron chi connectivity index (χ4n) is 3.26. The molecule has 1 aliphatic rings. The molecular weight excluding hydrogens is 252 g/mol. The van der Waals surface area contributed by atoms with Crippen LogP contribution in [0.5, 0.6) is 0 Å². The number of fused-ring (bicyclic) bond motifs is 3. The summed E-state index contributed by atoms with van der Waals surface area (Å²) in [4.78, 5) is 0. The Morgan fingerprint density at radius 1 is 0.905 bits per heavy atom. The maximum atomic E-state index is 3.47. The van der Waals surface area contributed by atoms with Gasteiger partial charge in [-0.1, -0.05) is 71.9 Å². The van der Waals surface area contributed by atoms with E-state index in [9.17, 15) is 0 Å². The van der Waals surface area contributed by atoms with E-state index in [1.54, 1.807) is 0 Å². The van der Waals surface area contributed by atoms with Crippen LogP contribution in [-0.4, -0.2) is 0 Å². The summed E-state index contributed by atoms with van der Waals surface area (Å²) < 4.78 is 0. The summed E-state index contributed by atoms with van der Waals surface area (Å²) in [5.41, 5.74) is 8.92. The van der Waals surface area contributed by atoms with Gasteiger partial charge in [-0.2, -0.15) is 0 Å². The quantitative estimate of drug-likeness (QED) is 0.498. The van der Waals surface area contributed by atoms with E-state index in [2.05, 4.69) is 77.9 Å². The third-order valence-electron chi connectivity index (χ3n) is 4.49. The molecule has 1 radical (unpaired) electrons. The van der Waals surface area contributed by atoms with Gasteiger partial charge in [0.05, 0.1) is 0 Å². The lowest BCUT2D eigenvalue weighted by Crippen LogP contribution is -2.13. The lowest BCUT2D eigenvalue weighted by atomic mass is 9.81. The van der Waals surface area contributed by atoms with E-state index < -0.39 is 0 Å². The molecule has 0 amide bonds. The molecule has 0 bridgehead atoms. The van der Waals surface area contributed by atoms with Gasteiger partial charge in [-0.05, 0) is 56.7 Å². The molecule has 0 aliphatic heterocycles. The van der Waals surface area contributed by atoms with Crippen LogP contribution in [0.2, 0.25) is 0 Å². The zero-order valence-electron chi connectivity index (χ0n) is 14.1. The monoisotopic (exact) mass is 277 g/mol. The van der Waals surface area contributed by atoms with Crippen molar-refractivity contribution in [2.45, 2.75) is 58.8 Å². The fraction of sp³-hybridized carbons (Fsp3) is 0.429. The van der Waals surface area contributed by atoms with Crippen molar-refractivity contribution in [3.05, 3.63) is 58.7 Å². The Hall–Kier alpha value is -1.56. The van der Waals surface area contributed by atoms with E-state index >= 15 is 0 Å². The van der Waals surface area contributed by atoms with E-state index in [4.69, 9.17) is 0 Å². The Labute approximate surface area is 129 Å². The molecule has 0 saturated carbocycles. The van der Waals surface area contributed by atoms with E-state index in [0.717, 1.165) is 6.42 Å². The van der Waals surface area contributed by atoms with E-state index in [1.165, 1.54) is 33.4 Å². The first-order valence-corrected chi connectivity index (χ1v) is 7.86. The molecule has 0 nitrogen and oxygen atoms in total. The minimum atomic E-state index is 0.170. The molecule has 2 aromatic rings. The Morgan fingerprint density at radius 3 is 2.24 bits per heavy atom. The first-order valence-electron chi connectivity index (χ1n) is 7.86. The number of rotatable bonds is 0. The largest absolute Gasteiger partial charge is 0.0579 e. The lowest BCUT2D eigenvalue weighted by molar-refractivity contribution is 0.589. The van der Waals surface area contributed by atoms with Crippen molar-refractivity contribution >= 4 is 0 Å². The molecule has 0 heterocycles. The number of hydrogen-bond donors (Lipinski definition) is 0. The molecule has 1 aliphatic carbocycles. The zero-order chi connectivity index (χ0) is 15.4. The second-order valence-corrected chi connectivity index (χ2v) is 8.29. The van der Waals surface area contributed by atoms with E-state index in [-0.39, 0.29) is 10.8 Å². The molecule has 0 N–H and O–H groups in total. The van der Waals surface area contributed by atoms with Gasteiger partial charge >= 0.3 is 0 Å². The maximum absolute atomic E-state index is 3.47. The maximum Gasteiger partial charge on any atom is -0.000707 e. The van der Waals surface area contributed by atoms with Crippen LogP contribution in [0.1, 0.15) is 63.8 Å². The standard InChI is InChI=1S/C21H25/c1-20(2,3)16-10-11-17-15(13-16)12-14-8-7-9-18(19(14)17)21(4,5)6/h7,9-11,13H,12H2,1-6H3. The Balaban J connectivity index is 2.19. The molecule has 2 aromatic carbocycles. The van der Waals surface area contributed by atoms with Crippen molar-refractivity contribution < 1.29 is 0 Å².